The molecule has 6 heteroatoms. The van der Waals surface area contributed by atoms with Crippen LogP contribution in [0.3, 0.4) is 0 Å². The Morgan fingerprint density at radius 2 is 2.10 bits per heavy atom. The van der Waals surface area contributed by atoms with E-state index in [0.717, 1.165) is 12.8 Å². The van der Waals surface area contributed by atoms with Gasteiger partial charge in [-0.3, -0.25) is 10.1 Å². The van der Waals surface area contributed by atoms with Gasteiger partial charge in [0.1, 0.15) is 0 Å². The number of aryl methyl sites for hydroxylation is 1. The average Bonchev–Trinajstić information content (AvgIpc) is 2.34. The first-order valence-corrected chi connectivity index (χ1v) is 6.70. The fraction of sp³-hybridized carbons (Fsp3) is 0.500. The Bertz CT molecular complexity index is 487. The van der Waals surface area contributed by atoms with Crippen LogP contribution in [-0.2, 0) is 0 Å². The van der Waals surface area contributed by atoms with E-state index in [1.54, 1.807) is 13.0 Å². The summed E-state index contributed by atoms with van der Waals surface area (Å²) in [6.07, 6.45) is 2.00. The molecule has 0 bridgehead atoms. The van der Waals surface area contributed by atoms with Crippen molar-refractivity contribution in [1.82, 2.24) is 5.32 Å². The molecule has 0 spiro atoms. The number of amides is 2. The fourth-order valence-electron chi connectivity index (χ4n) is 1.83. The highest BCUT2D eigenvalue weighted by molar-refractivity contribution is 5.89. The molecule has 20 heavy (non-hydrogen) atoms. The summed E-state index contributed by atoms with van der Waals surface area (Å²) in [5.74, 6) is 0.622. The number of nitro benzene ring substituents is 1. The number of urea groups is 1. The van der Waals surface area contributed by atoms with E-state index >= 15 is 0 Å². The standard InChI is InChI=1S/C14H21N3O3/c1-10(2)5-4-8-15-14(18)16-12-6-7-13(17(19)20)11(3)9-12/h6-7,9-10H,4-5,8H2,1-3H3,(H2,15,16,18). The van der Waals surface area contributed by atoms with Crippen molar-refractivity contribution < 1.29 is 9.72 Å². The summed E-state index contributed by atoms with van der Waals surface area (Å²) >= 11 is 0. The Labute approximate surface area is 118 Å². The zero-order valence-electron chi connectivity index (χ0n) is 12.1. The molecule has 0 saturated carbocycles. The minimum Gasteiger partial charge on any atom is -0.338 e. The second kappa shape index (κ2) is 7.47. The lowest BCUT2D eigenvalue weighted by molar-refractivity contribution is -0.385. The molecule has 1 aromatic rings. The van der Waals surface area contributed by atoms with Crippen LogP contribution in [0.5, 0.6) is 0 Å². The van der Waals surface area contributed by atoms with Crippen LogP contribution in [0.1, 0.15) is 32.3 Å². The van der Waals surface area contributed by atoms with Crippen LogP contribution in [0.4, 0.5) is 16.2 Å². The third-order valence-electron chi connectivity index (χ3n) is 2.90. The van der Waals surface area contributed by atoms with Crippen molar-refractivity contribution >= 4 is 17.4 Å². The lowest BCUT2D eigenvalue weighted by atomic mass is 10.1. The summed E-state index contributed by atoms with van der Waals surface area (Å²) in [6, 6.07) is 4.22. The Hall–Kier alpha value is -2.11. The number of benzene rings is 1. The maximum Gasteiger partial charge on any atom is 0.319 e. The topological polar surface area (TPSA) is 84.3 Å². The third-order valence-corrected chi connectivity index (χ3v) is 2.90. The van der Waals surface area contributed by atoms with Crippen molar-refractivity contribution in [3.05, 3.63) is 33.9 Å². The molecular weight excluding hydrogens is 258 g/mol. The monoisotopic (exact) mass is 279 g/mol. The molecule has 2 N–H and O–H groups in total. The summed E-state index contributed by atoms with van der Waals surface area (Å²) in [7, 11) is 0. The number of nitrogens with zero attached hydrogens (tertiary/aromatic N) is 1. The van der Waals surface area contributed by atoms with Crippen molar-refractivity contribution in [2.24, 2.45) is 5.92 Å². The lowest BCUT2D eigenvalue weighted by Gasteiger charge is -2.09. The van der Waals surface area contributed by atoms with Crippen molar-refractivity contribution in [3.63, 3.8) is 0 Å². The van der Waals surface area contributed by atoms with Crippen molar-refractivity contribution in [1.29, 1.82) is 0 Å². The number of rotatable bonds is 6. The van der Waals surface area contributed by atoms with Gasteiger partial charge < -0.3 is 10.6 Å². The normalized spacial score (nSPS) is 10.4. The van der Waals surface area contributed by atoms with E-state index in [1.165, 1.54) is 12.1 Å². The van der Waals surface area contributed by atoms with Crippen molar-refractivity contribution in [2.45, 2.75) is 33.6 Å². The van der Waals surface area contributed by atoms with Crippen LogP contribution in [0.2, 0.25) is 0 Å². The summed E-state index contributed by atoms with van der Waals surface area (Å²) in [5, 5.41) is 16.1. The molecule has 0 radical (unpaired) electrons. The number of carbonyl (C=O) groups excluding carboxylic acids is 1. The Morgan fingerprint density at radius 3 is 2.65 bits per heavy atom. The predicted molar refractivity (Wildman–Crippen MR) is 78.9 cm³/mol. The number of hydrogen-bond donors (Lipinski definition) is 2. The molecule has 0 atom stereocenters. The van der Waals surface area contributed by atoms with Gasteiger partial charge in [0.2, 0.25) is 0 Å². The summed E-state index contributed by atoms with van der Waals surface area (Å²) in [4.78, 5) is 21.9. The molecule has 0 unspecified atom stereocenters. The smallest absolute Gasteiger partial charge is 0.319 e. The Kier molecular flexibility index (Phi) is 5.96. The largest absolute Gasteiger partial charge is 0.338 e. The summed E-state index contributed by atoms with van der Waals surface area (Å²) < 4.78 is 0. The van der Waals surface area contributed by atoms with E-state index in [1.807, 2.05) is 0 Å². The molecule has 0 aliphatic rings. The van der Waals surface area contributed by atoms with Gasteiger partial charge >= 0.3 is 6.03 Å². The number of hydrogen-bond acceptors (Lipinski definition) is 3. The lowest BCUT2D eigenvalue weighted by Crippen LogP contribution is -2.29. The Morgan fingerprint density at radius 1 is 1.40 bits per heavy atom. The predicted octanol–water partition coefficient (Wildman–Crippen LogP) is 3.46. The highest BCUT2D eigenvalue weighted by atomic mass is 16.6. The van der Waals surface area contributed by atoms with Crippen LogP contribution in [0.15, 0.2) is 18.2 Å². The van der Waals surface area contributed by atoms with Crippen LogP contribution >= 0.6 is 0 Å². The van der Waals surface area contributed by atoms with E-state index in [2.05, 4.69) is 24.5 Å². The van der Waals surface area contributed by atoms with E-state index < -0.39 is 4.92 Å². The maximum absolute atomic E-state index is 11.6. The minimum absolute atomic E-state index is 0.0490. The number of nitro groups is 1. The first kappa shape index (κ1) is 15.9. The van der Waals surface area contributed by atoms with Gasteiger partial charge in [0.15, 0.2) is 0 Å². The highest BCUT2D eigenvalue weighted by Gasteiger charge is 2.11. The molecule has 0 aliphatic carbocycles. The van der Waals surface area contributed by atoms with Crippen molar-refractivity contribution in [3.8, 4) is 0 Å². The molecule has 6 nitrogen and oxygen atoms in total. The third kappa shape index (κ3) is 5.26. The van der Waals surface area contributed by atoms with Gasteiger partial charge in [-0.15, -0.1) is 0 Å². The zero-order chi connectivity index (χ0) is 15.1. The van der Waals surface area contributed by atoms with Crippen LogP contribution in [0.25, 0.3) is 0 Å². The van der Waals surface area contributed by atoms with E-state index in [-0.39, 0.29) is 11.7 Å². The van der Waals surface area contributed by atoms with Gasteiger partial charge in [0.05, 0.1) is 4.92 Å². The molecule has 0 aromatic heterocycles. The minimum atomic E-state index is -0.439. The first-order chi connectivity index (χ1) is 9.40. The van der Waals surface area contributed by atoms with Gasteiger partial charge in [-0.05, 0) is 37.8 Å². The number of nitrogens with one attached hydrogen (secondary N) is 2. The summed E-state index contributed by atoms with van der Waals surface area (Å²) in [6.45, 7) is 6.54. The van der Waals surface area contributed by atoms with E-state index in [9.17, 15) is 14.9 Å². The highest BCUT2D eigenvalue weighted by Crippen LogP contribution is 2.21. The quantitative estimate of drug-likeness (QED) is 0.475. The molecule has 0 fully saturated rings. The number of carbonyl (C=O) groups is 1. The molecule has 2 amide bonds. The molecule has 1 aromatic carbocycles. The molecule has 0 saturated heterocycles. The SMILES string of the molecule is Cc1cc(NC(=O)NCCCC(C)C)ccc1[N+](=O)[O-]. The van der Waals surface area contributed by atoms with Gasteiger partial charge in [-0.25, -0.2) is 4.79 Å². The molecule has 0 heterocycles. The summed E-state index contributed by atoms with van der Waals surface area (Å²) in [5.41, 5.74) is 1.12. The second-order valence-corrected chi connectivity index (χ2v) is 5.18. The van der Waals surface area contributed by atoms with E-state index in [4.69, 9.17) is 0 Å². The second-order valence-electron chi connectivity index (χ2n) is 5.18. The fourth-order valence-corrected chi connectivity index (χ4v) is 1.83. The molecule has 110 valence electrons. The first-order valence-electron chi connectivity index (χ1n) is 6.70. The van der Waals surface area contributed by atoms with Crippen LogP contribution in [0, 0.1) is 23.0 Å². The maximum atomic E-state index is 11.6. The van der Waals surface area contributed by atoms with Crippen molar-refractivity contribution in [2.75, 3.05) is 11.9 Å². The average molecular weight is 279 g/mol. The van der Waals surface area contributed by atoms with Crippen LogP contribution in [-0.4, -0.2) is 17.5 Å². The molecular formula is C14H21N3O3. The van der Waals surface area contributed by atoms with E-state index in [0.29, 0.717) is 23.7 Å². The molecule has 1 rings (SSSR count). The van der Waals surface area contributed by atoms with Gasteiger partial charge in [-0.1, -0.05) is 13.8 Å². The van der Waals surface area contributed by atoms with Crippen LogP contribution < -0.4 is 10.6 Å². The van der Waals surface area contributed by atoms with Gasteiger partial charge in [-0.2, -0.15) is 0 Å². The van der Waals surface area contributed by atoms with Gasteiger partial charge in [0.25, 0.3) is 5.69 Å². The number of anilines is 1. The molecule has 0 aliphatic heterocycles. The Balaban J connectivity index is 2.46. The van der Waals surface area contributed by atoms with Gasteiger partial charge in [0, 0.05) is 23.9 Å². The zero-order valence-corrected chi connectivity index (χ0v) is 12.1.